The fourth-order valence-corrected chi connectivity index (χ4v) is 1.48. The van der Waals surface area contributed by atoms with E-state index in [1.54, 1.807) is 24.3 Å². The van der Waals surface area contributed by atoms with Crippen LogP contribution in [0.5, 0.6) is 0 Å². The van der Waals surface area contributed by atoms with Gasteiger partial charge in [0.1, 0.15) is 12.2 Å². The number of carbonyl (C=O) groups excluding carboxylic acids is 1. The van der Waals surface area contributed by atoms with Crippen molar-refractivity contribution in [3.8, 4) is 0 Å². The van der Waals surface area contributed by atoms with Gasteiger partial charge in [-0.2, -0.15) is 0 Å². The van der Waals surface area contributed by atoms with E-state index in [0.717, 1.165) is 0 Å². The number of benzene rings is 1. The summed E-state index contributed by atoms with van der Waals surface area (Å²) in [6.07, 6.45) is -1.27. The first kappa shape index (κ1) is 12.0. The Morgan fingerprint density at radius 3 is 2.57 bits per heavy atom. The van der Waals surface area contributed by atoms with Gasteiger partial charge in [-0.15, -0.1) is 0 Å². The minimum Gasteiger partial charge on any atom is -0.547 e. The van der Waals surface area contributed by atoms with Crippen LogP contribution in [0.3, 0.4) is 0 Å². The van der Waals surface area contributed by atoms with Crippen LogP contribution in [0.15, 0.2) is 24.3 Å². The van der Waals surface area contributed by atoms with Crippen molar-refractivity contribution in [1.82, 2.24) is 0 Å². The molecule has 2 atom stereocenters. The van der Waals surface area contributed by atoms with Gasteiger partial charge >= 0.3 is 29.6 Å². The minimum absolute atomic E-state index is 0. The number of aliphatic carboxylic acids is 1. The van der Waals surface area contributed by atoms with Gasteiger partial charge in [0.25, 0.3) is 0 Å². The molecule has 5 heteroatoms. The first-order valence-electron chi connectivity index (χ1n) is 3.81. The van der Waals surface area contributed by atoms with Gasteiger partial charge in [0, 0.05) is 10.6 Å². The fraction of sp³-hybridized carbons (Fsp3) is 0.222. The molecule has 14 heavy (non-hydrogen) atoms. The van der Waals surface area contributed by atoms with Gasteiger partial charge in [-0.05, 0) is 6.07 Å². The monoisotopic (exact) mass is 220 g/mol. The van der Waals surface area contributed by atoms with E-state index < -0.39 is 18.2 Å². The summed E-state index contributed by atoms with van der Waals surface area (Å²) >= 11 is 5.84. The summed E-state index contributed by atoms with van der Waals surface area (Å²) in [5.74, 6) is -1.19. The number of hydrogen-bond donors (Lipinski definition) is 0. The molecule has 0 amide bonds. The normalized spacial score (nSPS) is 23.8. The molecular formula is C9H6ClNaO3. The van der Waals surface area contributed by atoms with Crippen LogP contribution < -0.4 is 34.7 Å². The van der Waals surface area contributed by atoms with Gasteiger partial charge in [-0.3, -0.25) is 0 Å². The van der Waals surface area contributed by atoms with E-state index in [-0.39, 0.29) is 29.6 Å². The average Bonchev–Trinajstić information content (AvgIpc) is 2.84. The van der Waals surface area contributed by atoms with E-state index >= 15 is 0 Å². The van der Waals surface area contributed by atoms with E-state index in [4.69, 9.17) is 16.3 Å². The molecule has 1 fully saturated rings. The first-order valence-corrected chi connectivity index (χ1v) is 4.18. The Bertz CT molecular complexity index is 356. The quantitative estimate of drug-likeness (QED) is 0.410. The summed E-state index contributed by atoms with van der Waals surface area (Å²) in [5.41, 5.74) is 0.707. The third kappa shape index (κ3) is 2.30. The molecule has 1 aromatic rings. The van der Waals surface area contributed by atoms with Crippen molar-refractivity contribution in [2.45, 2.75) is 12.2 Å². The van der Waals surface area contributed by atoms with Crippen molar-refractivity contribution in [2.24, 2.45) is 0 Å². The molecule has 2 rings (SSSR count). The van der Waals surface area contributed by atoms with Crippen molar-refractivity contribution >= 4 is 17.6 Å². The van der Waals surface area contributed by atoms with Crippen molar-refractivity contribution in [2.75, 3.05) is 0 Å². The van der Waals surface area contributed by atoms with E-state index in [2.05, 4.69) is 0 Å². The van der Waals surface area contributed by atoms with Crippen molar-refractivity contribution in [3.05, 3.63) is 34.9 Å². The zero-order chi connectivity index (χ0) is 9.42. The standard InChI is InChI=1S/C9H7ClO3.Na/c10-6-4-2-1-3-5(6)7-8(13-7)9(11)12;/h1-4,7-8H,(H,11,12);/q;+1/p-1/t7-,8-;/m1./s1. The van der Waals surface area contributed by atoms with Crippen LogP contribution >= 0.6 is 11.6 Å². The Morgan fingerprint density at radius 1 is 1.43 bits per heavy atom. The Kier molecular flexibility index (Phi) is 3.98. The van der Waals surface area contributed by atoms with Crippen LogP contribution in [0.1, 0.15) is 11.7 Å². The topological polar surface area (TPSA) is 52.7 Å². The average molecular weight is 221 g/mol. The first-order chi connectivity index (χ1) is 6.20. The molecule has 0 saturated carbocycles. The molecule has 68 valence electrons. The molecule has 0 spiro atoms. The molecule has 0 radical (unpaired) electrons. The summed E-state index contributed by atoms with van der Waals surface area (Å²) in [6, 6.07) is 7.01. The number of hydrogen-bond acceptors (Lipinski definition) is 3. The zero-order valence-electron chi connectivity index (χ0n) is 7.57. The van der Waals surface area contributed by atoms with E-state index in [0.29, 0.717) is 10.6 Å². The third-order valence-corrected chi connectivity index (χ3v) is 2.28. The summed E-state index contributed by atoms with van der Waals surface area (Å²) in [7, 11) is 0. The molecule has 1 aliphatic heterocycles. The summed E-state index contributed by atoms with van der Waals surface area (Å²) in [4.78, 5) is 10.4. The van der Waals surface area contributed by atoms with Gasteiger partial charge in [-0.25, -0.2) is 0 Å². The molecule has 3 nitrogen and oxygen atoms in total. The molecule has 0 aliphatic carbocycles. The molecule has 1 heterocycles. The maximum Gasteiger partial charge on any atom is 1.00 e. The predicted molar refractivity (Wildman–Crippen MR) is 44.1 cm³/mol. The zero-order valence-corrected chi connectivity index (χ0v) is 10.3. The number of epoxide rings is 1. The van der Waals surface area contributed by atoms with Gasteiger partial charge in [0.05, 0.1) is 5.97 Å². The van der Waals surface area contributed by atoms with Gasteiger partial charge in [0.2, 0.25) is 0 Å². The Labute approximate surface area is 108 Å². The fourth-order valence-electron chi connectivity index (χ4n) is 1.23. The predicted octanol–water partition coefficient (Wildman–Crippen LogP) is -2.47. The van der Waals surface area contributed by atoms with Crippen LogP contribution in [-0.4, -0.2) is 12.1 Å². The molecule has 1 aliphatic rings. The molecule has 1 aromatic carbocycles. The van der Waals surface area contributed by atoms with E-state index in [9.17, 15) is 9.90 Å². The molecule has 0 unspecified atom stereocenters. The van der Waals surface area contributed by atoms with Gasteiger partial charge < -0.3 is 14.6 Å². The summed E-state index contributed by atoms with van der Waals surface area (Å²) < 4.78 is 4.90. The minimum atomic E-state index is -1.19. The van der Waals surface area contributed by atoms with Crippen molar-refractivity contribution in [1.29, 1.82) is 0 Å². The number of ether oxygens (including phenoxy) is 1. The van der Waals surface area contributed by atoms with Crippen LogP contribution in [-0.2, 0) is 9.53 Å². The molecular weight excluding hydrogens is 215 g/mol. The maximum atomic E-state index is 10.4. The molecule has 1 saturated heterocycles. The van der Waals surface area contributed by atoms with Gasteiger partial charge in [-0.1, -0.05) is 29.8 Å². The van der Waals surface area contributed by atoms with Crippen molar-refractivity contribution < 1.29 is 44.2 Å². The SMILES string of the molecule is O=C([O-])[C@@H]1O[C@@H]1c1ccccc1Cl.[Na+]. The van der Waals surface area contributed by atoms with Crippen molar-refractivity contribution in [3.63, 3.8) is 0 Å². The summed E-state index contributed by atoms with van der Waals surface area (Å²) in [5, 5.41) is 10.9. The second kappa shape index (κ2) is 4.64. The van der Waals surface area contributed by atoms with Gasteiger partial charge in [0.15, 0.2) is 0 Å². The number of halogens is 1. The van der Waals surface area contributed by atoms with Crippen LogP contribution in [0, 0.1) is 0 Å². The van der Waals surface area contributed by atoms with Crippen LogP contribution in [0.2, 0.25) is 5.02 Å². The number of carboxylic acids is 1. The Balaban J connectivity index is 0.000000980. The second-order valence-electron chi connectivity index (χ2n) is 2.82. The smallest absolute Gasteiger partial charge is 0.547 e. The van der Waals surface area contributed by atoms with Crippen LogP contribution in [0.25, 0.3) is 0 Å². The summed E-state index contributed by atoms with van der Waals surface area (Å²) in [6.45, 7) is 0. The number of carbonyl (C=O) groups is 1. The maximum absolute atomic E-state index is 10.4. The Morgan fingerprint density at radius 2 is 2.07 bits per heavy atom. The number of carboxylic acid groups (broad SMARTS) is 1. The second-order valence-corrected chi connectivity index (χ2v) is 3.23. The number of rotatable bonds is 2. The Hall–Kier alpha value is -0.0600. The molecule has 0 N–H and O–H groups in total. The largest absolute Gasteiger partial charge is 1.00 e. The molecule has 0 bridgehead atoms. The van der Waals surface area contributed by atoms with E-state index in [1.807, 2.05) is 0 Å². The van der Waals surface area contributed by atoms with E-state index in [1.165, 1.54) is 0 Å². The third-order valence-electron chi connectivity index (χ3n) is 1.94. The van der Waals surface area contributed by atoms with Crippen LogP contribution in [0.4, 0.5) is 0 Å². The molecule has 0 aromatic heterocycles.